The van der Waals surface area contributed by atoms with Crippen LogP contribution in [-0.2, 0) is 4.74 Å². The molecular weight excluding hydrogens is 277 g/mol. The SMILES string of the molecule is CCOC(=O)c1cc(C)nc(C2CNC2)n1.Cl.Cl. The smallest absolute Gasteiger partial charge is 0.357 e. The summed E-state index contributed by atoms with van der Waals surface area (Å²) in [5.41, 5.74) is 1.16. The number of carbonyl (C=O) groups excluding carboxylic acids is 1. The molecule has 7 heteroatoms. The van der Waals surface area contributed by atoms with Gasteiger partial charge in [0, 0.05) is 24.7 Å². The standard InChI is InChI=1S/C11H15N3O2.2ClH/c1-3-16-11(15)9-4-7(2)13-10(14-9)8-5-12-6-8;;/h4,8,12H,3,5-6H2,1-2H3;2*1H. The fraction of sp³-hybridized carbons (Fsp3) is 0.545. The van der Waals surface area contributed by atoms with E-state index in [9.17, 15) is 4.79 Å². The first kappa shape index (κ1) is 17.1. The van der Waals surface area contributed by atoms with Crippen LogP contribution in [0.3, 0.4) is 0 Å². The van der Waals surface area contributed by atoms with Crippen LogP contribution < -0.4 is 5.32 Å². The van der Waals surface area contributed by atoms with E-state index in [1.807, 2.05) is 6.92 Å². The predicted molar refractivity (Wildman–Crippen MR) is 72.8 cm³/mol. The first-order chi connectivity index (χ1) is 7.70. The number of hydrogen-bond donors (Lipinski definition) is 1. The van der Waals surface area contributed by atoms with Gasteiger partial charge in [0.15, 0.2) is 5.69 Å². The highest BCUT2D eigenvalue weighted by atomic mass is 35.5. The molecule has 1 fully saturated rings. The largest absolute Gasteiger partial charge is 0.461 e. The fourth-order valence-electron chi connectivity index (χ4n) is 1.55. The van der Waals surface area contributed by atoms with Gasteiger partial charge in [0.2, 0.25) is 0 Å². The highest BCUT2D eigenvalue weighted by molar-refractivity contribution is 5.87. The number of rotatable bonds is 3. The Hall–Kier alpha value is -0.910. The van der Waals surface area contributed by atoms with E-state index in [1.54, 1.807) is 13.0 Å². The van der Waals surface area contributed by atoms with E-state index in [4.69, 9.17) is 4.74 Å². The van der Waals surface area contributed by atoms with Crippen LogP contribution in [0.15, 0.2) is 6.07 Å². The molecule has 2 rings (SSSR count). The quantitative estimate of drug-likeness (QED) is 0.856. The number of aromatic nitrogens is 2. The molecule has 1 aromatic rings. The van der Waals surface area contributed by atoms with Gasteiger partial charge in [0.25, 0.3) is 0 Å². The van der Waals surface area contributed by atoms with Gasteiger partial charge in [-0.1, -0.05) is 0 Å². The summed E-state index contributed by atoms with van der Waals surface area (Å²) in [6, 6.07) is 1.66. The lowest BCUT2D eigenvalue weighted by Crippen LogP contribution is -2.41. The number of halogens is 2. The number of nitrogens with zero attached hydrogens (tertiary/aromatic N) is 2. The maximum Gasteiger partial charge on any atom is 0.357 e. The highest BCUT2D eigenvalue weighted by Crippen LogP contribution is 2.16. The molecule has 5 nitrogen and oxygen atoms in total. The van der Waals surface area contributed by atoms with Crippen molar-refractivity contribution >= 4 is 30.8 Å². The number of esters is 1. The predicted octanol–water partition coefficient (Wildman–Crippen LogP) is 1.49. The Labute approximate surface area is 119 Å². The molecule has 1 aliphatic heterocycles. The Morgan fingerprint density at radius 3 is 2.61 bits per heavy atom. The lowest BCUT2D eigenvalue weighted by molar-refractivity contribution is 0.0518. The minimum Gasteiger partial charge on any atom is -0.461 e. The third-order valence-corrected chi connectivity index (χ3v) is 2.50. The molecular formula is C11H17Cl2N3O2. The molecule has 1 aliphatic rings. The monoisotopic (exact) mass is 293 g/mol. The van der Waals surface area contributed by atoms with Crippen molar-refractivity contribution in [1.82, 2.24) is 15.3 Å². The van der Waals surface area contributed by atoms with Crippen LogP contribution in [0.1, 0.15) is 34.8 Å². The van der Waals surface area contributed by atoms with Gasteiger partial charge in [-0.15, -0.1) is 24.8 Å². The molecule has 0 bridgehead atoms. The Bertz CT molecular complexity index is 411. The molecule has 18 heavy (non-hydrogen) atoms. The summed E-state index contributed by atoms with van der Waals surface area (Å²) in [5.74, 6) is 0.691. The van der Waals surface area contributed by atoms with Crippen LogP contribution >= 0.6 is 24.8 Å². The number of ether oxygens (including phenoxy) is 1. The summed E-state index contributed by atoms with van der Waals surface area (Å²) in [5, 5.41) is 3.16. The lowest BCUT2D eigenvalue weighted by atomic mass is 10.0. The molecule has 0 atom stereocenters. The molecule has 1 N–H and O–H groups in total. The summed E-state index contributed by atoms with van der Waals surface area (Å²) < 4.78 is 4.92. The van der Waals surface area contributed by atoms with Crippen LogP contribution in [0.4, 0.5) is 0 Å². The van der Waals surface area contributed by atoms with Crippen molar-refractivity contribution in [3.63, 3.8) is 0 Å². The van der Waals surface area contributed by atoms with Gasteiger partial charge in [0.1, 0.15) is 5.82 Å². The molecule has 0 spiro atoms. The summed E-state index contributed by atoms with van der Waals surface area (Å²) in [4.78, 5) is 20.1. The van der Waals surface area contributed by atoms with Gasteiger partial charge in [-0.25, -0.2) is 14.8 Å². The number of nitrogens with one attached hydrogen (secondary N) is 1. The van der Waals surface area contributed by atoms with Crippen LogP contribution in [-0.4, -0.2) is 35.6 Å². The molecule has 102 valence electrons. The number of aryl methyl sites for hydroxylation is 1. The van der Waals surface area contributed by atoms with Crippen LogP contribution in [0.25, 0.3) is 0 Å². The summed E-state index contributed by atoms with van der Waals surface area (Å²) >= 11 is 0. The molecule has 0 unspecified atom stereocenters. The van der Waals surface area contributed by atoms with Crippen molar-refractivity contribution in [3.8, 4) is 0 Å². The summed E-state index contributed by atoms with van der Waals surface area (Å²) in [7, 11) is 0. The second-order valence-electron chi connectivity index (χ2n) is 3.83. The van der Waals surface area contributed by atoms with Crippen molar-refractivity contribution in [1.29, 1.82) is 0 Å². The second kappa shape index (κ2) is 7.51. The van der Waals surface area contributed by atoms with Crippen LogP contribution in [0.5, 0.6) is 0 Å². The van der Waals surface area contributed by atoms with Crippen molar-refractivity contribution in [2.75, 3.05) is 19.7 Å². The van der Waals surface area contributed by atoms with E-state index in [0.717, 1.165) is 24.6 Å². The van der Waals surface area contributed by atoms with Crippen LogP contribution in [0.2, 0.25) is 0 Å². The average molecular weight is 294 g/mol. The molecule has 0 amide bonds. The molecule has 0 saturated carbocycles. The molecule has 1 aromatic heterocycles. The van der Waals surface area contributed by atoms with Gasteiger partial charge in [-0.2, -0.15) is 0 Å². The number of carbonyl (C=O) groups is 1. The maximum absolute atomic E-state index is 11.5. The average Bonchev–Trinajstić information content (AvgIpc) is 2.14. The van der Waals surface area contributed by atoms with Crippen molar-refractivity contribution in [2.24, 2.45) is 0 Å². The van der Waals surface area contributed by atoms with Gasteiger partial charge >= 0.3 is 5.97 Å². The van der Waals surface area contributed by atoms with E-state index in [2.05, 4.69) is 15.3 Å². The maximum atomic E-state index is 11.5. The molecule has 1 saturated heterocycles. The van der Waals surface area contributed by atoms with Crippen molar-refractivity contribution in [2.45, 2.75) is 19.8 Å². The van der Waals surface area contributed by atoms with Gasteiger partial charge in [-0.3, -0.25) is 0 Å². The molecule has 0 radical (unpaired) electrons. The lowest BCUT2D eigenvalue weighted by Gasteiger charge is -2.25. The molecule has 0 aromatic carbocycles. The third kappa shape index (κ3) is 3.80. The zero-order valence-electron chi connectivity index (χ0n) is 10.3. The zero-order valence-corrected chi connectivity index (χ0v) is 11.9. The van der Waals surface area contributed by atoms with E-state index in [0.29, 0.717) is 18.2 Å². The Morgan fingerprint density at radius 1 is 1.44 bits per heavy atom. The highest BCUT2D eigenvalue weighted by Gasteiger charge is 2.23. The topological polar surface area (TPSA) is 64.1 Å². The molecule has 2 heterocycles. The van der Waals surface area contributed by atoms with Crippen molar-refractivity contribution < 1.29 is 9.53 Å². The normalized spacial score (nSPS) is 13.9. The van der Waals surface area contributed by atoms with E-state index >= 15 is 0 Å². The zero-order chi connectivity index (χ0) is 11.5. The van der Waals surface area contributed by atoms with Gasteiger partial charge < -0.3 is 10.1 Å². The van der Waals surface area contributed by atoms with Crippen molar-refractivity contribution in [3.05, 3.63) is 23.3 Å². The Kier molecular flexibility index (Phi) is 7.13. The third-order valence-electron chi connectivity index (χ3n) is 2.50. The van der Waals surface area contributed by atoms with E-state index in [1.165, 1.54) is 0 Å². The first-order valence-electron chi connectivity index (χ1n) is 5.44. The van der Waals surface area contributed by atoms with Gasteiger partial charge in [-0.05, 0) is 19.9 Å². The van der Waals surface area contributed by atoms with E-state index < -0.39 is 0 Å². The van der Waals surface area contributed by atoms with Crippen LogP contribution in [0, 0.1) is 6.92 Å². The number of hydrogen-bond acceptors (Lipinski definition) is 5. The fourth-order valence-corrected chi connectivity index (χ4v) is 1.55. The van der Waals surface area contributed by atoms with E-state index in [-0.39, 0.29) is 30.8 Å². The Morgan fingerprint density at radius 2 is 2.11 bits per heavy atom. The Balaban J connectivity index is 0.00000144. The minimum atomic E-state index is -0.374. The molecule has 0 aliphatic carbocycles. The minimum absolute atomic E-state index is 0. The second-order valence-corrected chi connectivity index (χ2v) is 3.83. The summed E-state index contributed by atoms with van der Waals surface area (Å²) in [6.07, 6.45) is 0. The first-order valence-corrected chi connectivity index (χ1v) is 5.44. The van der Waals surface area contributed by atoms with Gasteiger partial charge in [0.05, 0.1) is 6.61 Å². The summed E-state index contributed by atoms with van der Waals surface area (Å²) in [6.45, 7) is 5.77.